The van der Waals surface area contributed by atoms with Gasteiger partial charge in [-0.05, 0) is 48.0 Å². The first-order valence-electron chi connectivity index (χ1n) is 6.58. The van der Waals surface area contributed by atoms with Crippen LogP contribution in [0.4, 0.5) is 4.39 Å². The molecule has 1 aliphatic heterocycles. The first kappa shape index (κ1) is 14.0. The molecule has 0 spiro atoms. The number of benzene rings is 2. The molecule has 0 amide bonds. The van der Waals surface area contributed by atoms with Crippen LogP contribution in [0.5, 0.6) is 5.75 Å². The van der Waals surface area contributed by atoms with Gasteiger partial charge >= 0.3 is 5.97 Å². The monoisotopic (exact) mass is 297 g/mol. The largest absolute Gasteiger partial charge is 0.497 e. The van der Waals surface area contributed by atoms with Crippen molar-refractivity contribution in [1.29, 1.82) is 0 Å². The SMILES string of the molecule is COc1ccc(C=C2N=C(c3ccc(F)cc3)OC2=O)cc1. The zero-order chi connectivity index (χ0) is 15.5. The Kier molecular flexibility index (Phi) is 3.70. The van der Waals surface area contributed by atoms with Crippen LogP contribution >= 0.6 is 0 Å². The highest BCUT2D eigenvalue weighted by Crippen LogP contribution is 2.20. The molecule has 0 aromatic heterocycles. The summed E-state index contributed by atoms with van der Waals surface area (Å²) in [5, 5.41) is 0. The molecule has 5 heteroatoms. The van der Waals surface area contributed by atoms with Gasteiger partial charge in [0, 0.05) is 5.56 Å². The van der Waals surface area contributed by atoms with Crippen molar-refractivity contribution in [3.63, 3.8) is 0 Å². The lowest BCUT2D eigenvalue weighted by Gasteiger charge is -1.99. The van der Waals surface area contributed by atoms with E-state index >= 15 is 0 Å². The fraction of sp³-hybridized carbons (Fsp3) is 0.0588. The molecule has 0 saturated carbocycles. The molecule has 22 heavy (non-hydrogen) atoms. The van der Waals surface area contributed by atoms with Crippen LogP contribution in [0.15, 0.2) is 59.2 Å². The molecule has 0 bridgehead atoms. The van der Waals surface area contributed by atoms with Crippen LogP contribution in [-0.2, 0) is 9.53 Å². The average molecular weight is 297 g/mol. The Morgan fingerprint density at radius 1 is 1.09 bits per heavy atom. The smallest absolute Gasteiger partial charge is 0.363 e. The molecular weight excluding hydrogens is 285 g/mol. The van der Waals surface area contributed by atoms with Gasteiger partial charge in [-0.25, -0.2) is 14.2 Å². The lowest BCUT2D eigenvalue weighted by Crippen LogP contribution is -2.05. The number of aliphatic imine (C=N–C) groups is 1. The van der Waals surface area contributed by atoms with Gasteiger partial charge < -0.3 is 9.47 Å². The van der Waals surface area contributed by atoms with E-state index in [9.17, 15) is 9.18 Å². The molecule has 0 unspecified atom stereocenters. The van der Waals surface area contributed by atoms with Crippen LogP contribution in [0.3, 0.4) is 0 Å². The summed E-state index contributed by atoms with van der Waals surface area (Å²) in [7, 11) is 1.58. The first-order chi connectivity index (χ1) is 10.7. The van der Waals surface area contributed by atoms with Gasteiger partial charge in [-0.3, -0.25) is 0 Å². The maximum Gasteiger partial charge on any atom is 0.363 e. The summed E-state index contributed by atoms with van der Waals surface area (Å²) < 4.78 is 23.1. The van der Waals surface area contributed by atoms with Crippen LogP contribution in [0.2, 0.25) is 0 Å². The standard InChI is InChI=1S/C17H12FNO3/c1-21-14-8-2-11(3-9-14)10-15-17(20)22-16(19-15)12-4-6-13(18)7-5-12/h2-10H,1H3. The minimum Gasteiger partial charge on any atom is -0.497 e. The van der Waals surface area contributed by atoms with Crippen LogP contribution in [0.1, 0.15) is 11.1 Å². The van der Waals surface area contributed by atoms with Gasteiger partial charge in [-0.2, -0.15) is 0 Å². The topological polar surface area (TPSA) is 47.9 Å². The van der Waals surface area contributed by atoms with E-state index in [1.165, 1.54) is 24.3 Å². The third kappa shape index (κ3) is 2.88. The number of carbonyl (C=O) groups excluding carboxylic acids is 1. The third-order valence-electron chi connectivity index (χ3n) is 3.13. The number of nitrogens with zero attached hydrogens (tertiary/aromatic N) is 1. The molecule has 0 saturated heterocycles. The fourth-order valence-corrected chi connectivity index (χ4v) is 1.98. The van der Waals surface area contributed by atoms with E-state index in [-0.39, 0.29) is 17.4 Å². The Bertz CT molecular complexity index is 761. The molecule has 0 aliphatic carbocycles. The van der Waals surface area contributed by atoms with E-state index in [1.807, 2.05) is 12.1 Å². The first-order valence-corrected chi connectivity index (χ1v) is 6.58. The Labute approximate surface area is 126 Å². The number of hydrogen-bond acceptors (Lipinski definition) is 4. The van der Waals surface area contributed by atoms with Gasteiger partial charge in [0.1, 0.15) is 11.6 Å². The number of halogens is 1. The quantitative estimate of drug-likeness (QED) is 0.646. The molecule has 2 aromatic rings. The van der Waals surface area contributed by atoms with E-state index in [2.05, 4.69) is 4.99 Å². The van der Waals surface area contributed by atoms with Crippen molar-refractivity contribution < 1.29 is 18.7 Å². The highest BCUT2D eigenvalue weighted by molar-refractivity contribution is 6.12. The average Bonchev–Trinajstić information content (AvgIpc) is 2.90. The molecule has 1 aliphatic rings. The van der Waals surface area contributed by atoms with Gasteiger partial charge in [0.15, 0.2) is 5.70 Å². The number of hydrogen-bond donors (Lipinski definition) is 0. The zero-order valence-electron chi connectivity index (χ0n) is 11.7. The summed E-state index contributed by atoms with van der Waals surface area (Å²) in [6.07, 6.45) is 1.62. The predicted molar refractivity (Wildman–Crippen MR) is 80.0 cm³/mol. The molecule has 4 nitrogen and oxygen atoms in total. The van der Waals surface area contributed by atoms with Crippen LogP contribution in [0.25, 0.3) is 6.08 Å². The second-order valence-corrected chi connectivity index (χ2v) is 4.62. The van der Waals surface area contributed by atoms with Crippen LogP contribution in [0, 0.1) is 5.82 Å². The van der Waals surface area contributed by atoms with Crippen molar-refractivity contribution in [3.05, 3.63) is 71.2 Å². The zero-order valence-corrected chi connectivity index (χ0v) is 11.7. The molecule has 110 valence electrons. The minimum atomic E-state index is -0.532. The molecule has 0 fully saturated rings. The maximum absolute atomic E-state index is 12.9. The molecule has 2 aromatic carbocycles. The number of carbonyl (C=O) groups is 1. The highest BCUT2D eigenvalue weighted by Gasteiger charge is 2.24. The number of rotatable bonds is 3. The van der Waals surface area contributed by atoms with Crippen molar-refractivity contribution in [3.8, 4) is 5.75 Å². The lowest BCUT2D eigenvalue weighted by molar-refractivity contribution is -0.129. The molecular formula is C17H12FNO3. The number of ether oxygens (including phenoxy) is 2. The Balaban J connectivity index is 1.88. The highest BCUT2D eigenvalue weighted by atomic mass is 19.1. The number of methoxy groups -OCH3 is 1. The van der Waals surface area contributed by atoms with Crippen molar-refractivity contribution in [2.24, 2.45) is 4.99 Å². The van der Waals surface area contributed by atoms with Crippen molar-refractivity contribution in [2.45, 2.75) is 0 Å². The third-order valence-corrected chi connectivity index (χ3v) is 3.13. The molecule has 0 radical (unpaired) electrons. The van der Waals surface area contributed by atoms with Gasteiger partial charge in [-0.1, -0.05) is 12.1 Å². The van der Waals surface area contributed by atoms with E-state index in [0.29, 0.717) is 5.56 Å². The minimum absolute atomic E-state index is 0.171. The summed E-state index contributed by atoms with van der Waals surface area (Å²) in [6, 6.07) is 12.8. The fourth-order valence-electron chi connectivity index (χ4n) is 1.98. The molecule has 0 N–H and O–H groups in total. The summed E-state index contributed by atoms with van der Waals surface area (Å²) in [5.74, 6) is 0.00854. The van der Waals surface area contributed by atoms with Gasteiger partial charge in [0.25, 0.3) is 0 Å². The summed E-state index contributed by atoms with van der Waals surface area (Å²) in [4.78, 5) is 16.0. The van der Waals surface area contributed by atoms with E-state index < -0.39 is 5.97 Å². The second-order valence-electron chi connectivity index (χ2n) is 4.62. The van der Waals surface area contributed by atoms with Gasteiger partial charge in [-0.15, -0.1) is 0 Å². The molecule has 3 rings (SSSR count). The van der Waals surface area contributed by atoms with Gasteiger partial charge in [0.2, 0.25) is 5.90 Å². The van der Waals surface area contributed by atoms with Crippen LogP contribution < -0.4 is 4.74 Å². The normalized spacial score (nSPS) is 15.6. The van der Waals surface area contributed by atoms with E-state index in [1.54, 1.807) is 25.3 Å². The van der Waals surface area contributed by atoms with E-state index in [4.69, 9.17) is 9.47 Å². The Morgan fingerprint density at radius 2 is 1.77 bits per heavy atom. The van der Waals surface area contributed by atoms with Crippen molar-refractivity contribution >= 4 is 17.9 Å². The lowest BCUT2D eigenvalue weighted by atomic mass is 10.2. The summed E-state index contributed by atoms with van der Waals surface area (Å²) >= 11 is 0. The Hall–Kier alpha value is -2.95. The number of cyclic esters (lactones) is 1. The second kappa shape index (κ2) is 5.81. The molecule has 0 atom stereocenters. The summed E-state index contributed by atoms with van der Waals surface area (Å²) in [5.41, 5.74) is 1.55. The van der Waals surface area contributed by atoms with Crippen molar-refractivity contribution in [2.75, 3.05) is 7.11 Å². The van der Waals surface area contributed by atoms with Crippen molar-refractivity contribution in [1.82, 2.24) is 0 Å². The molecule has 1 heterocycles. The van der Waals surface area contributed by atoms with E-state index in [0.717, 1.165) is 11.3 Å². The predicted octanol–water partition coefficient (Wildman–Crippen LogP) is 3.18. The maximum atomic E-state index is 12.9. The number of esters is 1. The van der Waals surface area contributed by atoms with Crippen LogP contribution in [-0.4, -0.2) is 19.0 Å². The summed E-state index contributed by atoms with van der Waals surface area (Å²) in [6.45, 7) is 0. The van der Waals surface area contributed by atoms with Gasteiger partial charge in [0.05, 0.1) is 7.11 Å². The Morgan fingerprint density at radius 3 is 2.41 bits per heavy atom.